The van der Waals surface area contributed by atoms with Gasteiger partial charge < -0.3 is 10.6 Å². The van der Waals surface area contributed by atoms with Gasteiger partial charge >= 0.3 is 0 Å². The maximum atomic E-state index is 12.2. The van der Waals surface area contributed by atoms with Crippen LogP contribution in [0.4, 0.5) is 5.69 Å². The molecule has 0 aliphatic heterocycles. The van der Waals surface area contributed by atoms with Crippen molar-refractivity contribution >= 4 is 38.9 Å². The minimum Gasteiger partial charge on any atom is -0.356 e. The van der Waals surface area contributed by atoms with Gasteiger partial charge in [-0.1, -0.05) is 6.07 Å². The molecule has 0 aliphatic carbocycles. The predicted molar refractivity (Wildman–Crippen MR) is 102 cm³/mol. The van der Waals surface area contributed by atoms with Gasteiger partial charge in [-0.2, -0.15) is 0 Å². The second kappa shape index (κ2) is 9.46. The minimum absolute atomic E-state index is 0.0145. The lowest BCUT2D eigenvalue weighted by Gasteiger charge is -2.08. The smallest absolute Gasteiger partial charge is 0.240 e. The van der Waals surface area contributed by atoms with Gasteiger partial charge in [-0.25, -0.2) is 13.1 Å². The fourth-order valence-corrected chi connectivity index (χ4v) is 3.91. The Bertz CT molecular complexity index is 831. The average molecular weight is 396 g/mol. The number of benzene rings is 1. The molecule has 0 radical (unpaired) electrons. The number of nitrogens with one attached hydrogen (secondary N) is 3. The van der Waals surface area contributed by atoms with Crippen molar-refractivity contribution < 1.29 is 18.0 Å². The predicted octanol–water partition coefficient (Wildman–Crippen LogP) is 1.73. The first-order chi connectivity index (χ1) is 12.4. The fraction of sp³-hybridized carbons (Fsp3) is 0.294. The number of hydrogen-bond acceptors (Lipinski definition) is 5. The van der Waals surface area contributed by atoms with Crippen LogP contribution in [0.2, 0.25) is 0 Å². The highest BCUT2D eigenvalue weighted by Crippen LogP contribution is 2.14. The summed E-state index contributed by atoms with van der Waals surface area (Å²) in [6.45, 7) is 1.91. The van der Waals surface area contributed by atoms with Crippen LogP contribution in [0.25, 0.3) is 0 Å². The Labute approximate surface area is 156 Å². The standard InChI is InChI=1S/C17H21N3O4S2/c1-13(21)20-14-4-6-16(7-5-14)26(23,24)19-11-9-17(22)18-10-8-15-3-2-12-25-15/h2-7,12,19H,8-11H2,1H3,(H,18,22)(H,20,21). The summed E-state index contributed by atoms with van der Waals surface area (Å²) in [5.74, 6) is -0.436. The lowest BCUT2D eigenvalue weighted by atomic mass is 10.3. The van der Waals surface area contributed by atoms with Gasteiger partial charge in [0.25, 0.3) is 0 Å². The molecule has 0 saturated carbocycles. The van der Waals surface area contributed by atoms with Gasteiger partial charge in [-0.15, -0.1) is 11.3 Å². The first-order valence-corrected chi connectivity index (χ1v) is 10.4. The molecule has 140 valence electrons. The highest BCUT2D eigenvalue weighted by molar-refractivity contribution is 7.89. The minimum atomic E-state index is -3.70. The van der Waals surface area contributed by atoms with E-state index in [4.69, 9.17) is 0 Å². The Hall–Kier alpha value is -2.23. The van der Waals surface area contributed by atoms with Crippen molar-refractivity contribution in [3.63, 3.8) is 0 Å². The summed E-state index contributed by atoms with van der Waals surface area (Å²) in [6.07, 6.45) is 0.823. The SMILES string of the molecule is CC(=O)Nc1ccc(S(=O)(=O)NCCC(=O)NCCc2cccs2)cc1. The molecule has 0 unspecified atom stereocenters. The van der Waals surface area contributed by atoms with Gasteiger partial charge in [0.2, 0.25) is 21.8 Å². The third-order valence-corrected chi connectivity index (χ3v) is 5.82. The summed E-state index contributed by atoms with van der Waals surface area (Å²) in [7, 11) is -3.70. The molecule has 0 atom stereocenters. The Balaban J connectivity index is 1.74. The number of amides is 2. The molecule has 26 heavy (non-hydrogen) atoms. The zero-order chi connectivity index (χ0) is 19.0. The number of rotatable bonds is 9. The maximum Gasteiger partial charge on any atom is 0.240 e. The zero-order valence-corrected chi connectivity index (χ0v) is 16.0. The van der Waals surface area contributed by atoms with Crippen LogP contribution in [-0.2, 0) is 26.0 Å². The molecule has 9 heteroatoms. The lowest BCUT2D eigenvalue weighted by molar-refractivity contribution is -0.121. The number of carbonyl (C=O) groups is 2. The van der Waals surface area contributed by atoms with E-state index in [1.54, 1.807) is 11.3 Å². The Kier molecular flexibility index (Phi) is 7.31. The zero-order valence-electron chi connectivity index (χ0n) is 14.3. The van der Waals surface area contributed by atoms with Gasteiger partial charge in [-0.3, -0.25) is 9.59 Å². The van der Waals surface area contributed by atoms with Crippen molar-refractivity contribution in [2.45, 2.75) is 24.7 Å². The van der Waals surface area contributed by atoms with Crippen LogP contribution in [0.1, 0.15) is 18.2 Å². The molecule has 0 aliphatic rings. The highest BCUT2D eigenvalue weighted by Gasteiger charge is 2.14. The van der Waals surface area contributed by atoms with Crippen LogP contribution >= 0.6 is 11.3 Å². The number of thiophene rings is 1. The monoisotopic (exact) mass is 395 g/mol. The number of sulfonamides is 1. The van der Waals surface area contributed by atoms with Crippen LogP contribution in [0.3, 0.4) is 0 Å². The normalized spacial score (nSPS) is 11.1. The average Bonchev–Trinajstić information content (AvgIpc) is 3.08. The van der Waals surface area contributed by atoms with Crippen molar-refractivity contribution in [3.05, 3.63) is 46.7 Å². The van der Waals surface area contributed by atoms with Crippen LogP contribution in [-0.4, -0.2) is 33.3 Å². The molecule has 7 nitrogen and oxygen atoms in total. The third kappa shape index (κ3) is 6.58. The summed E-state index contributed by atoms with van der Waals surface area (Å²) < 4.78 is 26.8. The molecule has 3 N–H and O–H groups in total. The molecule has 0 fully saturated rings. The number of hydrogen-bond donors (Lipinski definition) is 3. The van der Waals surface area contributed by atoms with Crippen molar-refractivity contribution in [2.24, 2.45) is 0 Å². The van der Waals surface area contributed by atoms with E-state index < -0.39 is 10.0 Å². The van der Waals surface area contributed by atoms with E-state index in [9.17, 15) is 18.0 Å². The lowest BCUT2D eigenvalue weighted by Crippen LogP contribution is -2.31. The van der Waals surface area contributed by atoms with E-state index in [0.29, 0.717) is 12.2 Å². The fourth-order valence-electron chi connectivity index (χ4n) is 2.17. The summed E-state index contributed by atoms with van der Waals surface area (Å²) in [5.41, 5.74) is 0.515. The van der Waals surface area contributed by atoms with E-state index >= 15 is 0 Å². The Morgan fingerprint density at radius 1 is 1.08 bits per heavy atom. The molecule has 0 saturated heterocycles. The Morgan fingerprint density at radius 2 is 1.81 bits per heavy atom. The van der Waals surface area contributed by atoms with E-state index in [0.717, 1.165) is 6.42 Å². The van der Waals surface area contributed by atoms with Gasteiger partial charge in [0, 0.05) is 37.0 Å². The maximum absolute atomic E-state index is 12.2. The molecule has 0 bridgehead atoms. The molecule has 2 aromatic rings. The molecule has 1 aromatic carbocycles. The van der Waals surface area contributed by atoms with Crippen LogP contribution in [0, 0.1) is 0 Å². The van der Waals surface area contributed by atoms with Gasteiger partial charge in [-0.05, 0) is 42.1 Å². The molecule has 1 aromatic heterocycles. The van der Waals surface area contributed by atoms with Crippen LogP contribution in [0.15, 0.2) is 46.7 Å². The summed E-state index contributed by atoms with van der Waals surface area (Å²) in [5, 5.41) is 7.31. The largest absolute Gasteiger partial charge is 0.356 e. The molecule has 0 spiro atoms. The first kappa shape index (κ1) is 20.1. The molecule has 2 amide bonds. The van der Waals surface area contributed by atoms with Gasteiger partial charge in [0.1, 0.15) is 0 Å². The van der Waals surface area contributed by atoms with E-state index in [-0.39, 0.29) is 29.7 Å². The molecular weight excluding hydrogens is 374 g/mol. The topological polar surface area (TPSA) is 104 Å². The second-order valence-electron chi connectivity index (χ2n) is 5.53. The third-order valence-electron chi connectivity index (χ3n) is 3.40. The van der Waals surface area contributed by atoms with Crippen molar-refractivity contribution in [2.75, 3.05) is 18.4 Å². The second-order valence-corrected chi connectivity index (χ2v) is 8.33. The number of carbonyl (C=O) groups excluding carboxylic acids is 2. The highest BCUT2D eigenvalue weighted by atomic mass is 32.2. The van der Waals surface area contributed by atoms with Crippen LogP contribution in [0.5, 0.6) is 0 Å². The Morgan fingerprint density at radius 3 is 2.42 bits per heavy atom. The van der Waals surface area contributed by atoms with E-state index in [1.165, 1.54) is 36.1 Å². The number of anilines is 1. The summed E-state index contributed by atoms with van der Waals surface area (Å²) in [6, 6.07) is 9.77. The van der Waals surface area contributed by atoms with Crippen molar-refractivity contribution in [1.82, 2.24) is 10.0 Å². The quantitative estimate of drug-likeness (QED) is 0.601. The van der Waals surface area contributed by atoms with E-state index in [1.807, 2.05) is 17.5 Å². The van der Waals surface area contributed by atoms with Crippen LogP contribution < -0.4 is 15.4 Å². The van der Waals surface area contributed by atoms with Crippen molar-refractivity contribution in [3.8, 4) is 0 Å². The van der Waals surface area contributed by atoms with Gasteiger partial charge in [0.15, 0.2) is 0 Å². The first-order valence-electron chi connectivity index (χ1n) is 8.03. The summed E-state index contributed by atoms with van der Waals surface area (Å²) in [4.78, 5) is 24.0. The summed E-state index contributed by atoms with van der Waals surface area (Å²) >= 11 is 1.63. The molecule has 1 heterocycles. The molecule has 2 rings (SSSR count). The van der Waals surface area contributed by atoms with Gasteiger partial charge in [0.05, 0.1) is 4.90 Å². The molecular formula is C17H21N3O4S2. The van der Waals surface area contributed by atoms with E-state index in [2.05, 4.69) is 15.4 Å². The van der Waals surface area contributed by atoms with Crippen molar-refractivity contribution in [1.29, 1.82) is 0 Å².